The Bertz CT molecular complexity index is 891. The zero-order chi connectivity index (χ0) is 18.1. The van der Waals surface area contributed by atoms with Crippen LogP contribution < -0.4 is 5.32 Å². The van der Waals surface area contributed by atoms with Crippen molar-refractivity contribution in [3.8, 4) is 0 Å². The van der Waals surface area contributed by atoms with E-state index in [9.17, 15) is 18.8 Å². The van der Waals surface area contributed by atoms with Crippen molar-refractivity contribution >= 4 is 23.3 Å². The second-order valence-corrected chi connectivity index (χ2v) is 5.98. The van der Waals surface area contributed by atoms with Gasteiger partial charge < -0.3 is 10.1 Å². The van der Waals surface area contributed by atoms with Crippen LogP contribution in [0.1, 0.15) is 44.7 Å². The van der Waals surface area contributed by atoms with Gasteiger partial charge in [0.1, 0.15) is 5.82 Å². The molecule has 128 valence electrons. The normalized spacial score (nSPS) is 15.5. The number of aryl methyl sites for hydroxylation is 1. The molecule has 6 heteroatoms. The lowest BCUT2D eigenvalue weighted by Crippen LogP contribution is -2.14. The van der Waals surface area contributed by atoms with Crippen LogP contribution in [0.4, 0.5) is 10.1 Å². The van der Waals surface area contributed by atoms with Crippen molar-refractivity contribution in [1.82, 2.24) is 0 Å². The number of benzene rings is 2. The minimum Gasteiger partial charge on any atom is -0.454 e. The smallest absolute Gasteiger partial charge is 0.338 e. The highest BCUT2D eigenvalue weighted by molar-refractivity contribution is 6.05. The molecule has 1 amide bonds. The summed E-state index contributed by atoms with van der Waals surface area (Å²) in [5.74, 6) is -2.12. The third-order valence-electron chi connectivity index (χ3n) is 4.23. The van der Waals surface area contributed by atoms with Crippen molar-refractivity contribution < 1.29 is 23.5 Å². The number of hydrogen-bond donors (Lipinski definition) is 1. The number of amides is 1. The van der Waals surface area contributed by atoms with Gasteiger partial charge >= 0.3 is 5.97 Å². The first-order chi connectivity index (χ1) is 11.9. The number of esters is 1. The van der Waals surface area contributed by atoms with Crippen LogP contribution in [0.15, 0.2) is 36.4 Å². The number of Topliss-reactive ketones (excluding diaryl/α,β-unsaturated/α-hetero) is 1. The monoisotopic (exact) mass is 341 g/mol. The molecule has 0 aromatic heterocycles. The van der Waals surface area contributed by atoms with E-state index in [0.29, 0.717) is 16.8 Å². The molecule has 0 bridgehead atoms. The van der Waals surface area contributed by atoms with Gasteiger partial charge in [-0.1, -0.05) is 6.07 Å². The van der Waals surface area contributed by atoms with Gasteiger partial charge in [-0.05, 0) is 55.3 Å². The average Bonchev–Trinajstić information content (AvgIpc) is 2.88. The Morgan fingerprint density at radius 3 is 2.60 bits per heavy atom. The number of rotatable bonds is 4. The summed E-state index contributed by atoms with van der Waals surface area (Å²) < 4.78 is 18.5. The maximum Gasteiger partial charge on any atom is 0.338 e. The van der Waals surface area contributed by atoms with E-state index in [1.54, 1.807) is 32.0 Å². The van der Waals surface area contributed by atoms with Crippen molar-refractivity contribution in [3.05, 3.63) is 64.5 Å². The highest BCUT2D eigenvalue weighted by Crippen LogP contribution is 2.32. The summed E-state index contributed by atoms with van der Waals surface area (Å²) in [5.41, 5.74) is 2.24. The van der Waals surface area contributed by atoms with Gasteiger partial charge in [0.25, 0.3) is 0 Å². The number of carbonyl (C=O) groups is 3. The number of nitrogens with one attached hydrogen (secondary N) is 1. The third-order valence-corrected chi connectivity index (χ3v) is 4.23. The quantitative estimate of drug-likeness (QED) is 0.684. The van der Waals surface area contributed by atoms with Gasteiger partial charge in [0.2, 0.25) is 5.91 Å². The number of hydrogen-bond acceptors (Lipinski definition) is 4. The first kappa shape index (κ1) is 16.8. The lowest BCUT2D eigenvalue weighted by Gasteiger charge is -2.07. The van der Waals surface area contributed by atoms with Crippen molar-refractivity contribution in [1.29, 1.82) is 0 Å². The second-order valence-electron chi connectivity index (χ2n) is 5.98. The van der Waals surface area contributed by atoms with Gasteiger partial charge in [-0.2, -0.15) is 0 Å². The Balaban J connectivity index is 1.68. The van der Waals surface area contributed by atoms with Gasteiger partial charge in [-0.3, -0.25) is 9.59 Å². The molecule has 0 saturated carbocycles. The molecule has 3 rings (SSSR count). The minimum atomic E-state index is -0.765. The van der Waals surface area contributed by atoms with Gasteiger partial charge in [0, 0.05) is 11.3 Å². The molecule has 0 fully saturated rings. The first-order valence-electron chi connectivity index (χ1n) is 7.78. The van der Waals surface area contributed by atoms with Crippen LogP contribution >= 0.6 is 0 Å². The van der Waals surface area contributed by atoms with Gasteiger partial charge in [-0.25, -0.2) is 9.18 Å². The van der Waals surface area contributed by atoms with Crippen molar-refractivity contribution in [2.24, 2.45) is 0 Å². The molecule has 0 aliphatic carbocycles. The van der Waals surface area contributed by atoms with Crippen LogP contribution in [0.5, 0.6) is 0 Å². The lowest BCUT2D eigenvalue weighted by atomic mass is 9.99. The predicted octanol–water partition coefficient (Wildman–Crippen LogP) is 3.23. The van der Waals surface area contributed by atoms with E-state index in [0.717, 1.165) is 11.6 Å². The SMILES string of the molecule is Cc1ccc(C(=O)OCC(=O)c2ccc3c(c2)[C@H](C)C(=O)N3)cc1F. The van der Waals surface area contributed by atoms with Crippen LogP contribution in [0.2, 0.25) is 0 Å². The van der Waals surface area contributed by atoms with E-state index in [1.807, 2.05) is 0 Å². The predicted molar refractivity (Wildman–Crippen MR) is 89.2 cm³/mol. The van der Waals surface area contributed by atoms with E-state index in [-0.39, 0.29) is 17.4 Å². The maximum absolute atomic E-state index is 13.5. The Hall–Kier alpha value is -3.02. The maximum atomic E-state index is 13.5. The molecule has 2 aromatic rings. The third kappa shape index (κ3) is 3.28. The van der Waals surface area contributed by atoms with Crippen molar-refractivity contribution in [3.63, 3.8) is 0 Å². The first-order valence-corrected chi connectivity index (χ1v) is 7.78. The summed E-state index contributed by atoms with van der Waals surface area (Å²) in [5, 5.41) is 2.72. The zero-order valence-corrected chi connectivity index (χ0v) is 13.8. The topological polar surface area (TPSA) is 72.5 Å². The highest BCUT2D eigenvalue weighted by Gasteiger charge is 2.27. The summed E-state index contributed by atoms with van der Waals surface area (Å²) in [6.07, 6.45) is 0. The number of anilines is 1. The highest BCUT2D eigenvalue weighted by atomic mass is 19.1. The largest absolute Gasteiger partial charge is 0.454 e. The van der Waals surface area contributed by atoms with Crippen LogP contribution in [0.25, 0.3) is 0 Å². The van der Waals surface area contributed by atoms with E-state index < -0.39 is 24.2 Å². The number of halogens is 1. The van der Waals surface area contributed by atoms with Gasteiger partial charge in [0.05, 0.1) is 11.5 Å². The summed E-state index contributed by atoms with van der Waals surface area (Å²) in [4.78, 5) is 35.8. The summed E-state index contributed by atoms with van der Waals surface area (Å²) in [7, 11) is 0. The fraction of sp³-hybridized carbons (Fsp3) is 0.211. The molecular weight excluding hydrogens is 325 g/mol. The molecule has 1 aliphatic rings. The standard InChI is InChI=1S/C19H16FNO4/c1-10-3-4-13(8-15(10)20)19(24)25-9-17(22)12-5-6-16-14(7-12)11(2)18(23)21-16/h3-8,11H,9H2,1-2H3,(H,21,23)/t11-/m0/s1. The number of carbonyl (C=O) groups excluding carboxylic acids is 3. The van der Waals surface area contributed by atoms with E-state index in [2.05, 4.69) is 5.32 Å². The molecular formula is C19H16FNO4. The van der Waals surface area contributed by atoms with Crippen LogP contribution in [-0.4, -0.2) is 24.3 Å². The molecule has 0 spiro atoms. The Kier molecular flexibility index (Phi) is 4.35. The molecule has 1 aliphatic heterocycles. The minimum absolute atomic E-state index is 0.0493. The van der Waals surface area contributed by atoms with Crippen LogP contribution in [0.3, 0.4) is 0 Å². The molecule has 0 unspecified atom stereocenters. The number of fused-ring (bicyclic) bond motifs is 1. The summed E-state index contributed by atoms with van der Waals surface area (Å²) >= 11 is 0. The number of ether oxygens (including phenoxy) is 1. The summed E-state index contributed by atoms with van der Waals surface area (Å²) in [6.45, 7) is 2.88. The van der Waals surface area contributed by atoms with Crippen molar-refractivity contribution in [2.45, 2.75) is 19.8 Å². The average molecular weight is 341 g/mol. The molecule has 0 saturated heterocycles. The molecule has 5 nitrogen and oxygen atoms in total. The van der Waals surface area contributed by atoms with E-state index >= 15 is 0 Å². The molecule has 2 aromatic carbocycles. The fourth-order valence-electron chi connectivity index (χ4n) is 2.61. The number of ketones is 1. The molecule has 25 heavy (non-hydrogen) atoms. The van der Waals surface area contributed by atoms with Crippen molar-refractivity contribution in [2.75, 3.05) is 11.9 Å². The van der Waals surface area contributed by atoms with E-state index in [4.69, 9.17) is 4.74 Å². The Labute approximate surface area is 143 Å². The fourth-order valence-corrected chi connectivity index (χ4v) is 2.61. The molecule has 0 radical (unpaired) electrons. The zero-order valence-electron chi connectivity index (χ0n) is 13.8. The Morgan fingerprint density at radius 2 is 1.88 bits per heavy atom. The van der Waals surface area contributed by atoms with E-state index in [1.165, 1.54) is 12.1 Å². The van der Waals surface area contributed by atoms with Gasteiger partial charge in [0.15, 0.2) is 12.4 Å². The molecule has 1 atom stereocenters. The second kappa shape index (κ2) is 6.47. The van der Waals surface area contributed by atoms with Crippen LogP contribution in [0, 0.1) is 12.7 Å². The molecule has 1 heterocycles. The lowest BCUT2D eigenvalue weighted by molar-refractivity contribution is -0.116. The van der Waals surface area contributed by atoms with Gasteiger partial charge in [-0.15, -0.1) is 0 Å². The molecule has 1 N–H and O–H groups in total. The summed E-state index contributed by atoms with van der Waals surface area (Å²) in [6, 6.07) is 8.84. The Morgan fingerprint density at radius 1 is 1.16 bits per heavy atom. The van der Waals surface area contributed by atoms with Crippen LogP contribution in [-0.2, 0) is 9.53 Å².